The minimum Gasteiger partial charge on any atom is -0.247 e. The Morgan fingerprint density at radius 1 is 0.170 bits per heavy atom. The number of nitrogens with zero attached hydrogens (tertiary/aromatic N) is 6. The molecule has 6 aromatic heterocycles. The second-order valence-corrected chi connectivity index (χ2v) is 28.4. The number of para-hydroxylation sites is 2. The van der Waals surface area contributed by atoms with Crippen LogP contribution in [-0.4, -0.2) is 29.9 Å². The fraction of sp³-hybridized carbons (Fsp3) is 0. The van der Waals surface area contributed by atoms with E-state index in [2.05, 4.69) is 340 Å². The van der Waals surface area contributed by atoms with Crippen LogP contribution in [0.2, 0.25) is 0 Å². The maximum absolute atomic E-state index is 5.42. The van der Waals surface area contributed by atoms with Crippen LogP contribution in [-0.2, 0) is 0 Å². The fourth-order valence-electron chi connectivity index (χ4n) is 14.7. The van der Waals surface area contributed by atoms with Crippen LogP contribution in [0.25, 0.3) is 197 Å². The number of hydrogen-bond donors (Lipinski definition) is 0. The molecule has 496 valence electrons. The minimum absolute atomic E-state index is 0.691. The summed E-state index contributed by atoms with van der Waals surface area (Å²) in [5.74, 6) is 1.42. The maximum Gasteiger partial charge on any atom is 0.160 e. The molecule has 20 aromatic rings. The van der Waals surface area contributed by atoms with Crippen molar-refractivity contribution < 1.29 is 0 Å². The van der Waals surface area contributed by atoms with Crippen molar-refractivity contribution in [3.8, 4) is 133 Å². The van der Waals surface area contributed by atoms with E-state index in [1.807, 2.05) is 59.1 Å². The number of thiophene rings is 2. The van der Waals surface area contributed by atoms with Gasteiger partial charge in [0.1, 0.15) is 0 Å². The average molecular weight is 1390 g/mol. The molecule has 0 aliphatic heterocycles. The largest absolute Gasteiger partial charge is 0.247 e. The molecule has 0 N–H and O–H groups in total. The van der Waals surface area contributed by atoms with Crippen LogP contribution in [0, 0.1) is 0 Å². The topological polar surface area (TPSA) is 77.3 Å². The Kier molecular flexibility index (Phi) is 16.6. The molecule has 8 heteroatoms. The molecule has 0 fully saturated rings. The zero-order valence-corrected chi connectivity index (χ0v) is 58.9. The quantitative estimate of drug-likeness (QED) is 0.121. The number of hydrogen-bond acceptors (Lipinski definition) is 8. The third-order valence-corrected chi connectivity index (χ3v) is 22.3. The molecular weight excluding hydrogens is 1330 g/mol. The Morgan fingerprint density at radius 2 is 0.443 bits per heavy atom. The highest BCUT2D eigenvalue weighted by atomic mass is 32.1. The summed E-state index contributed by atoms with van der Waals surface area (Å²) in [7, 11) is 0. The van der Waals surface area contributed by atoms with Crippen LogP contribution >= 0.6 is 22.7 Å². The lowest BCUT2D eigenvalue weighted by molar-refractivity contribution is 1.23. The number of aromatic nitrogens is 6. The van der Waals surface area contributed by atoms with Gasteiger partial charge in [-0.1, -0.05) is 334 Å². The third-order valence-electron chi connectivity index (χ3n) is 19.8. The highest BCUT2D eigenvalue weighted by Gasteiger charge is 2.26. The number of pyridine rings is 2. The van der Waals surface area contributed by atoms with Crippen LogP contribution in [0.4, 0.5) is 0 Å². The predicted molar refractivity (Wildman–Crippen MR) is 446 cm³/mol. The second-order valence-electron chi connectivity index (χ2n) is 26.3. The Morgan fingerprint density at radius 3 is 0.858 bits per heavy atom. The van der Waals surface area contributed by atoms with Gasteiger partial charge in [0, 0.05) is 96.0 Å². The van der Waals surface area contributed by atoms with Crippen molar-refractivity contribution in [1.82, 2.24) is 29.9 Å². The molecule has 0 saturated heterocycles. The molecule has 106 heavy (non-hydrogen) atoms. The van der Waals surface area contributed by atoms with Gasteiger partial charge in [-0.25, -0.2) is 29.9 Å². The van der Waals surface area contributed by atoms with Gasteiger partial charge in [0.2, 0.25) is 0 Å². The van der Waals surface area contributed by atoms with E-state index >= 15 is 0 Å². The van der Waals surface area contributed by atoms with E-state index in [1.165, 1.54) is 69.0 Å². The smallest absolute Gasteiger partial charge is 0.160 e. The van der Waals surface area contributed by atoms with Gasteiger partial charge >= 0.3 is 0 Å². The van der Waals surface area contributed by atoms with Crippen molar-refractivity contribution in [3.05, 3.63) is 376 Å². The second kappa shape index (κ2) is 27.7. The van der Waals surface area contributed by atoms with E-state index in [0.29, 0.717) is 5.82 Å². The van der Waals surface area contributed by atoms with Gasteiger partial charge in [-0.15, -0.1) is 22.7 Å². The predicted octanol–water partition coefficient (Wildman–Crippen LogP) is 26.8. The molecule has 0 aliphatic carbocycles. The van der Waals surface area contributed by atoms with E-state index in [0.717, 1.165) is 122 Å². The number of benzene rings is 14. The van der Waals surface area contributed by atoms with Crippen molar-refractivity contribution in [1.29, 1.82) is 0 Å². The molecule has 0 saturated carbocycles. The number of rotatable bonds is 12. The molecule has 0 bridgehead atoms. The summed E-state index contributed by atoms with van der Waals surface area (Å²) in [6.07, 6.45) is 0. The van der Waals surface area contributed by atoms with Crippen molar-refractivity contribution >= 4 is 86.5 Å². The van der Waals surface area contributed by atoms with Gasteiger partial charge in [-0.2, -0.15) is 0 Å². The SMILES string of the molecule is c1ccc(-c2ccc(-c3nc(-c4ccc5nc(-c6ccccc6)c6c(-c7ccccc7)c(-c7ccccc7)sc6c5c4)nc4ccccc34)cc2)cc1.c1ccc(-c2nc(-c3ccc(-c4ccc5nc(-c6ccccc6)c6c(-c7ccccc7)c(-c7ccccc7)sc6c5c4)cc3)c3ccccc3n2)cc1. The normalized spacial score (nSPS) is 11.4. The molecule has 0 atom stereocenters. The third kappa shape index (κ3) is 11.9. The monoisotopic (exact) mass is 1390 g/mol. The van der Waals surface area contributed by atoms with Crippen LogP contribution in [0.3, 0.4) is 0 Å². The Bertz CT molecular complexity index is 6620. The summed E-state index contributed by atoms with van der Waals surface area (Å²) < 4.78 is 2.44. The van der Waals surface area contributed by atoms with Gasteiger partial charge < -0.3 is 0 Å². The van der Waals surface area contributed by atoms with Gasteiger partial charge in [0.05, 0.1) is 44.8 Å². The molecule has 20 rings (SSSR count). The first kappa shape index (κ1) is 63.4. The van der Waals surface area contributed by atoms with Crippen LogP contribution < -0.4 is 0 Å². The van der Waals surface area contributed by atoms with E-state index < -0.39 is 0 Å². The Labute approximate surface area is 621 Å². The molecule has 6 heterocycles. The molecular formula is C98H62N6S2. The molecule has 0 amide bonds. The van der Waals surface area contributed by atoms with Crippen molar-refractivity contribution in [2.75, 3.05) is 0 Å². The molecule has 0 unspecified atom stereocenters. The van der Waals surface area contributed by atoms with E-state index in [9.17, 15) is 0 Å². The Hall–Kier alpha value is -13.5. The van der Waals surface area contributed by atoms with Crippen LogP contribution in [0.15, 0.2) is 376 Å². The highest BCUT2D eigenvalue weighted by Crippen LogP contribution is 2.53. The van der Waals surface area contributed by atoms with E-state index in [-0.39, 0.29) is 0 Å². The van der Waals surface area contributed by atoms with Crippen LogP contribution in [0.5, 0.6) is 0 Å². The molecule has 0 aliphatic rings. The van der Waals surface area contributed by atoms with Gasteiger partial charge in [0.15, 0.2) is 11.6 Å². The summed E-state index contributed by atoms with van der Waals surface area (Å²) in [5.41, 5.74) is 25.7. The lowest BCUT2D eigenvalue weighted by Gasteiger charge is -2.12. The zero-order chi connectivity index (χ0) is 70.3. The van der Waals surface area contributed by atoms with E-state index in [4.69, 9.17) is 29.9 Å². The average Bonchev–Trinajstić information content (AvgIpc) is 1.57. The minimum atomic E-state index is 0.691. The fourth-order valence-corrected chi connectivity index (χ4v) is 17.4. The van der Waals surface area contributed by atoms with Crippen molar-refractivity contribution in [2.24, 2.45) is 0 Å². The van der Waals surface area contributed by atoms with Crippen molar-refractivity contribution in [2.45, 2.75) is 0 Å². The highest BCUT2D eigenvalue weighted by molar-refractivity contribution is 7.24. The molecule has 0 radical (unpaired) electrons. The first-order valence-corrected chi connectivity index (χ1v) is 37.2. The lowest BCUT2D eigenvalue weighted by Crippen LogP contribution is -1.96. The summed E-state index contributed by atoms with van der Waals surface area (Å²) in [6.45, 7) is 0. The van der Waals surface area contributed by atoms with Gasteiger partial charge in [-0.3, -0.25) is 0 Å². The molecule has 6 nitrogen and oxygen atoms in total. The van der Waals surface area contributed by atoms with Gasteiger partial charge in [-0.05, 0) is 87.0 Å². The number of fused-ring (bicyclic) bond motifs is 8. The van der Waals surface area contributed by atoms with Gasteiger partial charge in [0.25, 0.3) is 0 Å². The zero-order valence-electron chi connectivity index (χ0n) is 57.3. The standard InChI is InChI=1S/2C49H31N3S/c1-5-15-33(16-6-1)43-44-46(34-17-7-2-8-18-34)50-42-30-29-38(31-40(42)48(44)53-47(43)36-19-9-3-10-20-36)32-25-27-35(28-26-32)45-39-23-13-14-24-41(39)51-49(52-45)37-21-11-4-12-22-37;1-5-15-32(16-6-1)33-25-27-36(28-26-33)45-39-23-13-14-24-41(39)51-49(52-45)38-29-30-42-40(31-38)48-44(46(50-42)35-19-9-3-10-20-35)43(34-17-7-2-8-18-34)47(53-48)37-21-11-4-12-22-37/h2*1-31H. The molecule has 14 aromatic carbocycles. The molecule has 0 spiro atoms. The first-order chi connectivity index (χ1) is 52.6. The lowest BCUT2D eigenvalue weighted by atomic mass is 9.94. The summed E-state index contributed by atoms with van der Waals surface area (Å²) >= 11 is 3.70. The maximum atomic E-state index is 5.42. The van der Waals surface area contributed by atoms with E-state index in [1.54, 1.807) is 0 Å². The summed E-state index contributed by atoms with van der Waals surface area (Å²) in [4.78, 5) is 33.7. The summed E-state index contributed by atoms with van der Waals surface area (Å²) in [5, 5.41) is 6.66. The Balaban J connectivity index is 0.000000145. The first-order valence-electron chi connectivity index (χ1n) is 35.6. The summed E-state index contributed by atoms with van der Waals surface area (Å²) in [6, 6.07) is 132. The van der Waals surface area contributed by atoms with Crippen molar-refractivity contribution in [3.63, 3.8) is 0 Å². The van der Waals surface area contributed by atoms with Crippen LogP contribution in [0.1, 0.15) is 0 Å².